The molecule has 0 aliphatic heterocycles. The molecule has 0 heterocycles. The molecule has 0 saturated carbocycles. The van der Waals surface area contributed by atoms with E-state index in [0.717, 1.165) is 5.56 Å². The summed E-state index contributed by atoms with van der Waals surface area (Å²) in [7, 11) is 0. The quantitative estimate of drug-likeness (QED) is 0.675. The first kappa shape index (κ1) is 14.4. The molecule has 1 aromatic carbocycles. The van der Waals surface area contributed by atoms with Crippen LogP contribution in [0.1, 0.15) is 11.1 Å². The standard InChI is InChI=1S/C12H18ClFN2O/c1-8-4-11(13)9(5-12(8)14)2-3-16-6-10(15)7-17/h4-5,10,16-17H,2-3,6-7,15H2,1H3. The average Bonchev–Trinajstić information content (AvgIpc) is 2.30. The van der Waals surface area contributed by atoms with E-state index in [-0.39, 0.29) is 18.5 Å². The van der Waals surface area contributed by atoms with Crippen molar-refractivity contribution in [3.05, 3.63) is 34.1 Å². The molecule has 0 spiro atoms. The molecule has 4 N–H and O–H groups in total. The smallest absolute Gasteiger partial charge is 0.126 e. The van der Waals surface area contributed by atoms with Crippen molar-refractivity contribution in [3.8, 4) is 0 Å². The van der Waals surface area contributed by atoms with Crippen LogP contribution in [0.5, 0.6) is 0 Å². The number of halogens is 2. The van der Waals surface area contributed by atoms with Crippen molar-refractivity contribution < 1.29 is 9.50 Å². The van der Waals surface area contributed by atoms with E-state index in [4.69, 9.17) is 22.4 Å². The van der Waals surface area contributed by atoms with Crippen molar-refractivity contribution in [3.63, 3.8) is 0 Å². The number of hydrogen-bond donors (Lipinski definition) is 3. The molecule has 1 aromatic rings. The number of benzene rings is 1. The first-order chi connectivity index (χ1) is 8.04. The van der Waals surface area contributed by atoms with Crippen LogP contribution in [-0.2, 0) is 6.42 Å². The number of rotatable bonds is 6. The molecule has 0 amide bonds. The van der Waals surface area contributed by atoms with Crippen LogP contribution in [0.2, 0.25) is 5.02 Å². The Bertz CT molecular complexity index is 374. The SMILES string of the molecule is Cc1cc(Cl)c(CCNCC(N)CO)cc1F. The maximum absolute atomic E-state index is 13.3. The Morgan fingerprint density at radius 3 is 2.88 bits per heavy atom. The van der Waals surface area contributed by atoms with E-state index < -0.39 is 0 Å². The molecular formula is C12H18ClFN2O. The maximum Gasteiger partial charge on any atom is 0.126 e. The molecule has 0 bridgehead atoms. The van der Waals surface area contributed by atoms with Crippen LogP contribution in [0, 0.1) is 12.7 Å². The van der Waals surface area contributed by atoms with Crippen LogP contribution < -0.4 is 11.1 Å². The van der Waals surface area contributed by atoms with Gasteiger partial charge in [0, 0.05) is 17.6 Å². The third-order valence-corrected chi connectivity index (χ3v) is 2.89. The van der Waals surface area contributed by atoms with Gasteiger partial charge in [0.25, 0.3) is 0 Å². The van der Waals surface area contributed by atoms with E-state index in [1.165, 1.54) is 6.07 Å². The minimum atomic E-state index is -0.264. The highest BCUT2D eigenvalue weighted by atomic mass is 35.5. The second-order valence-electron chi connectivity index (χ2n) is 4.09. The van der Waals surface area contributed by atoms with Crippen LogP contribution >= 0.6 is 11.6 Å². The zero-order valence-corrected chi connectivity index (χ0v) is 10.6. The van der Waals surface area contributed by atoms with Gasteiger partial charge in [0.05, 0.1) is 6.61 Å². The van der Waals surface area contributed by atoms with Crippen LogP contribution in [0.25, 0.3) is 0 Å². The topological polar surface area (TPSA) is 58.3 Å². The molecule has 0 aliphatic rings. The fourth-order valence-electron chi connectivity index (χ4n) is 1.45. The lowest BCUT2D eigenvalue weighted by Gasteiger charge is -2.10. The number of aliphatic hydroxyl groups excluding tert-OH is 1. The lowest BCUT2D eigenvalue weighted by molar-refractivity contribution is 0.262. The van der Waals surface area contributed by atoms with E-state index in [9.17, 15) is 4.39 Å². The second kappa shape index (κ2) is 6.91. The van der Waals surface area contributed by atoms with Gasteiger partial charge in [-0.2, -0.15) is 0 Å². The summed E-state index contributed by atoms with van der Waals surface area (Å²) in [6, 6.07) is 2.83. The zero-order chi connectivity index (χ0) is 12.8. The normalized spacial score (nSPS) is 12.8. The monoisotopic (exact) mass is 260 g/mol. The summed E-state index contributed by atoms with van der Waals surface area (Å²) in [6.45, 7) is 2.81. The second-order valence-corrected chi connectivity index (χ2v) is 4.50. The van der Waals surface area contributed by atoms with Crippen molar-refractivity contribution >= 4 is 11.6 Å². The fourth-order valence-corrected chi connectivity index (χ4v) is 1.77. The molecule has 0 saturated heterocycles. The molecule has 96 valence electrons. The van der Waals surface area contributed by atoms with Gasteiger partial charge in [0.15, 0.2) is 0 Å². The Morgan fingerprint density at radius 1 is 1.53 bits per heavy atom. The van der Waals surface area contributed by atoms with Crippen molar-refractivity contribution in [1.29, 1.82) is 0 Å². The first-order valence-electron chi connectivity index (χ1n) is 5.56. The average molecular weight is 261 g/mol. The highest BCUT2D eigenvalue weighted by Gasteiger charge is 2.06. The molecule has 1 rings (SSSR count). The van der Waals surface area contributed by atoms with E-state index >= 15 is 0 Å². The van der Waals surface area contributed by atoms with Crippen molar-refractivity contribution in [2.24, 2.45) is 5.73 Å². The van der Waals surface area contributed by atoms with Gasteiger partial charge in [0.1, 0.15) is 5.82 Å². The number of aliphatic hydroxyl groups is 1. The summed E-state index contributed by atoms with van der Waals surface area (Å²) in [5, 5.41) is 12.4. The summed E-state index contributed by atoms with van der Waals surface area (Å²) in [5.41, 5.74) is 6.86. The van der Waals surface area contributed by atoms with Crippen LogP contribution in [0.15, 0.2) is 12.1 Å². The Kier molecular flexibility index (Phi) is 5.85. The molecule has 1 unspecified atom stereocenters. The van der Waals surface area contributed by atoms with Gasteiger partial charge < -0.3 is 16.2 Å². The lowest BCUT2D eigenvalue weighted by atomic mass is 10.1. The zero-order valence-electron chi connectivity index (χ0n) is 9.84. The third kappa shape index (κ3) is 4.60. The minimum absolute atomic E-state index is 0.0487. The van der Waals surface area contributed by atoms with Crippen LogP contribution in [0.4, 0.5) is 4.39 Å². The van der Waals surface area contributed by atoms with Gasteiger partial charge >= 0.3 is 0 Å². The maximum atomic E-state index is 13.3. The number of nitrogens with one attached hydrogen (secondary N) is 1. The highest BCUT2D eigenvalue weighted by Crippen LogP contribution is 2.20. The largest absolute Gasteiger partial charge is 0.395 e. The Hall–Kier alpha value is -0.680. The number of hydrogen-bond acceptors (Lipinski definition) is 3. The predicted molar refractivity (Wildman–Crippen MR) is 67.8 cm³/mol. The minimum Gasteiger partial charge on any atom is -0.395 e. The van der Waals surface area contributed by atoms with Crippen LogP contribution in [0.3, 0.4) is 0 Å². The Morgan fingerprint density at radius 2 is 2.24 bits per heavy atom. The fraction of sp³-hybridized carbons (Fsp3) is 0.500. The van der Waals surface area contributed by atoms with Gasteiger partial charge in [-0.25, -0.2) is 4.39 Å². The van der Waals surface area contributed by atoms with E-state index in [1.807, 2.05) is 0 Å². The summed E-state index contributed by atoms with van der Waals surface area (Å²) in [5.74, 6) is -0.239. The molecule has 0 radical (unpaired) electrons. The third-order valence-electron chi connectivity index (χ3n) is 2.54. The van der Waals surface area contributed by atoms with E-state index in [1.54, 1.807) is 13.0 Å². The number of nitrogens with two attached hydrogens (primary N) is 1. The van der Waals surface area contributed by atoms with E-state index in [2.05, 4.69) is 5.32 Å². The van der Waals surface area contributed by atoms with Crippen molar-refractivity contribution in [2.45, 2.75) is 19.4 Å². The van der Waals surface area contributed by atoms with Crippen molar-refractivity contribution in [1.82, 2.24) is 5.32 Å². The van der Waals surface area contributed by atoms with Crippen molar-refractivity contribution in [2.75, 3.05) is 19.7 Å². The summed E-state index contributed by atoms with van der Waals surface area (Å²) >= 11 is 6.01. The predicted octanol–water partition coefficient (Wildman–Crippen LogP) is 1.24. The summed E-state index contributed by atoms with van der Waals surface area (Å²) in [6.07, 6.45) is 0.633. The molecule has 0 aliphatic carbocycles. The molecule has 5 heteroatoms. The van der Waals surface area contributed by atoms with E-state index in [0.29, 0.717) is 30.1 Å². The molecule has 0 fully saturated rings. The molecule has 1 atom stereocenters. The van der Waals surface area contributed by atoms with Gasteiger partial charge in [-0.1, -0.05) is 11.6 Å². The Balaban J connectivity index is 2.44. The highest BCUT2D eigenvalue weighted by molar-refractivity contribution is 6.31. The lowest BCUT2D eigenvalue weighted by Crippen LogP contribution is -2.37. The first-order valence-corrected chi connectivity index (χ1v) is 5.94. The summed E-state index contributed by atoms with van der Waals surface area (Å²) < 4.78 is 13.3. The Labute approximate surface area is 106 Å². The van der Waals surface area contributed by atoms with Gasteiger partial charge in [0.2, 0.25) is 0 Å². The van der Waals surface area contributed by atoms with Gasteiger partial charge in [-0.05, 0) is 43.1 Å². The van der Waals surface area contributed by atoms with Gasteiger partial charge in [-0.3, -0.25) is 0 Å². The molecular weight excluding hydrogens is 243 g/mol. The molecule has 3 nitrogen and oxygen atoms in total. The van der Waals surface area contributed by atoms with Gasteiger partial charge in [-0.15, -0.1) is 0 Å². The molecule has 0 aromatic heterocycles. The summed E-state index contributed by atoms with van der Waals surface area (Å²) in [4.78, 5) is 0. The number of aryl methyl sites for hydroxylation is 1. The molecule has 17 heavy (non-hydrogen) atoms. The van der Waals surface area contributed by atoms with Crippen LogP contribution in [-0.4, -0.2) is 30.8 Å².